The summed E-state index contributed by atoms with van der Waals surface area (Å²) in [6.07, 6.45) is 1.83. The molecule has 0 unspecified atom stereocenters. The molecule has 1 aromatic heterocycles. The van der Waals surface area contributed by atoms with Crippen LogP contribution in [-0.2, 0) is 0 Å². The molecular formula is C9H4BrClIN. The third-order valence-corrected chi connectivity index (χ3v) is 3.08. The molecule has 0 spiro atoms. The predicted molar refractivity (Wildman–Crippen MR) is 67.2 cm³/mol. The largest absolute Gasteiger partial charge is 0.254 e. The summed E-state index contributed by atoms with van der Waals surface area (Å²) in [5, 5.41) is 1.79. The topological polar surface area (TPSA) is 12.9 Å². The van der Waals surface area contributed by atoms with Gasteiger partial charge in [0.05, 0.1) is 5.52 Å². The van der Waals surface area contributed by atoms with E-state index in [1.54, 1.807) is 0 Å². The molecule has 1 aromatic carbocycles. The summed E-state index contributed by atoms with van der Waals surface area (Å²) in [6.45, 7) is 0. The molecule has 1 heterocycles. The lowest BCUT2D eigenvalue weighted by Crippen LogP contribution is -1.82. The van der Waals surface area contributed by atoms with Gasteiger partial charge in [-0.2, -0.15) is 0 Å². The number of benzene rings is 1. The Morgan fingerprint density at radius 3 is 2.85 bits per heavy atom. The lowest BCUT2D eigenvalue weighted by molar-refractivity contribution is 1.38. The summed E-state index contributed by atoms with van der Waals surface area (Å²) >= 11 is 11.6. The second-order valence-corrected chi connectivity index (χ2v) is 5.15. The summed E-state index contributed by atoms with van der Waals surface area (Å²) in [4.78, 5) is 4.31. The molecule has 0 aliphatic carbocycles. The minimum atomic E-state index is 0.725. The van der Waals surface area contributed by atoms with Crippen molar-refractivity contribution in [2.45, 2.75) is 0 Å². The second kappa shape index (κ2) is 3.71. The molecule has 0 N–H and O–H groups in total. The highest BCUT2D eigenvalue weighted by Crippen LogP contribution is 2.27. The van der Waals surface area contributed by atoms with Gasteiger partial charge < -0.3 is 0 Å². The van der Waals surface area contributed by atoms with Crippen LogP contribution in [0.5, 0.6) is 0 Å². The van der Waals surface area contributed by atoms with E-state index in [4.69, 9.17) is 11.6 Å². The van der Waals surface area contributed by atoms with Gasteiger partial charge >= 0.3 is 0 Å². The Labute approximate surface area is 103 Å². The van der Waals surface area contributed by atoms with Crippen molar-refractivity contribution >= 4 is 61.0 Å². The number of nitrogens with zero attached hydrogens (tertiary/aromatic N) is 1. The average Bonchev–Trinajstić information content (AvgIpc) is 2.02. The summed E-state index contributed by atoms with van der Waals surface area (Å²) in [5.74, 6) is 0. The van der Waals surface area contributed by atoms with Crippen LogP contribution in [0.25, 0.3) is 10.9 Å². The van der Waals surface area contributed by atoms with Gasteiger partial charge in [-0.3, -0.25) is 4.98 Å². The number of aromatic nitrogens is 1. The summed E-state index contributed by atoms with van der Waals surface area (Å²) < 4.78 is 2.05. The molecule has 0 aliphatic rings. The molecule has 66 valence electrons. The molecule has 2 rings (SSSR count). The minimum Gasteiger partial charge on any atom is -0.254 e. The van der Waals surface area contributed by atoms with Crippen LogP contribution in [-0.4, -0.2) is 4.98 Å². The monoisotopic (exact) mass is 367 g/mol. The Kier molecular flexibility index (Phi) is 2.76. The Bertz CT molecular complexity index is 467. The van der Waals surface area contributed by atoms with Crippen LogP contribution < -0.4 is 0 Å². The van der Waals surface area contributed by atoms with E-state index in [9.17, 15) is 0 Å². The van der Waals surface area contributed by atoms with E-state index in [2.05, 4.69) is 49.6 Å². The van der Waals surface area contributed by atoms with Crippen LogP contribution in [0.2, 0.25) is 5.02 Å². The summed E-state index contributed by atoms with van der Waals surface area (Å²) in [5.41, 5.74) is 0.949. The van der Waals surface area contributed by atoms with Gasteiger partial charge in [0.1, 0.15) is 0 Å². The first-order valence-corrected chi connectivity index (χ1v) is 5.82. The predicted octanol–water partition coefficient (Wildman–Crippen LogP) is 4.26. The Morgan fingerprint density at radius 1 is 1.31 bits per heavy atom. The molecule has 1 nitrogen and oxygen atoms in total. The SMILES string of the molecule is Clc1cc(Br)c2ncc(I)cc2c1. The van der Waals surface area contributed by atoms with Crippen molar-refractivity contribution in [3.05, 3.63) is 37.5 Å². The molecule has 0 saturated carbocycles. The quantitative estimate of drug-likeness (QED) is 0.634. The van der Waals surface area contributed by atoms with Crippen LogP contribution >= 0.6 is 50.1 Å². The van der Waals surface area contributed by atoms with Gasteiger partial charge in [-0.25, -0.2) is 0 Å². The maximum Gasteiger partial charge on any atom is 0.0845 e. The van der Waals surface area contributed by atoms with E-state index < -0.39 is 0 Å². The van der Waals surface area contributed by atoms with Crippen molar-refractivity contribution in [2.75, 3.05) is 0 Å². The van der Waals surface area contributed by atoms with E-state index in [0.29, 0.717) is 0 Å². The molecule has 0 atom stereocenters. The number of hydrogen-bond acceptors (Lipinski definition) is 1. The fourth-order valence-electron chi connectivity index (χ4n) is 1.14. The number of fused-ring (bicyclic) bond motifs is 1. The lowest BCUT2D eigenvalue weighted by Gasteiger charge is -2.01. The standard InChI is InChI=1S/C9H4BrClIN/c10-8-3-6(11)1-5-2-7(12)4-13-9(5)8/h1-4H. The van der Waals surface area contributed by atoms with Crippen molar-refractivity contribution in [2.24, 2.45) is 0 Å². The fourth-order valence-corrected chi connectivity index (χ4v) is 2.56. The van der Waals surface area contributed by atoms with Crippen molar-refractivity contribution < 1.29 is 0 Å². The first-order valence-electron chi connectivity index (χ1n) is 3.57. The highest BCUT2D eigenvalue weighted by Gasteiger charge is 2.02. The number of halogens is 3. The summed E-state index contributed by atoms with van der Waals surface area (Å²) in [6, 6.07) is 5.82. The van der Waals surface area contributed by atoms with Crippen molar-refractivity contribution in [3.8, 4) is 0 Å². The van der Waals surface area contributed by atoms with Crippen LogP contribution in [0.15, 0.2) is 28.9 Å². The normalized spacial score (nSPS) is 10.7. The van der Waals surface area contributed by atoms with Gasteiger partial charge in [0.2, 0.25) is 0 Å². The van der Waals surface area contributed by atoms with Gasteiger partial charge in [0.25, 0.3) is 0 Å². The Hall–Kier alpha value is 0.130. The van der Waals surface area contributed by atoms with E-state index in [1.165, 1.54) is 0 Å². The fraction of sp³-hybridized carbons (Fsp3) is 0. The molecular weight excluding hydrogens is 364 g/mol. The van der Waals surface area contributed by atoms with Crippen molar-refractivity contribution in [1.82, 2.24) is 4.98 Å². The van der Waals surface area contributed by atoms with E-state index >= 15 is 0 Å². The van der Waals surface area contributed by atoms with Crippen LogP contribution in [0.3, 0.4) is 0 Å². The zero-order valence-electron chi connectivity index (χ0n) is 6.39. The molecule has 0 radical (unpaired) electrons. The molecule has 2 aromatic rings. The maximum atomic E-state index is 5.92. The van der Waals surface area contributed by atoms with E-state index in [0.717, 1.165) is 24.0 Å². The molecule has 0 saturated heterocycles. The zero-order chi connectivity index (χ0) is 9.42. The first kappa shape index (κ1) is 9.68. The molecule has 0 bridgehead atoms. The van der Waals surface area contributed by atoms with Crippen LogP contribution in [0, 0.1) is 3.57 Å². The average molecular weight is 368 g/mol. The first-order chi connectivity index (χ1) is 6.16. The molecule has 13 heavy (non-hydrogen) atoms. The number of rotatable bonds is 0. The van der Waals surface area contributed by atoms with Gasteiger partial charge in [-0.1, -0.05) is 11.6 Å². The van der Waals surface area contributed by atoms with E-state index in [1.807, 2.05) is 18.3 Å². The lowest BCUT2D eigenvalue weighted by atomic mass is 10.2. The third-order valence-electron chi connectivity index (χ3n) is 1.67. The van der Waals surface area contributed by atoms with Gasteiger partial charge in [0.15, 0.2) is 0 Å². The Morgan fingerprint density at radius 2 is 2.08 bits per heavy atom. The zero-order valence-corrected chi connectivity index (χ0v) is 10.9. The number of pyridine rings is 1. The molecule has 0 aliphatic heterocycles. The third kappa shape index (κ3) is 1.97. The molecule has 4 heteroatoms. The van der Waals surface area contributed by atoms with Crippen LogP contribution in [0.4, 0.5) is 0 Å². The maximum absolute atomic E-state index is 5.92. The van der Waals surface area contributed by atoms with Gasteiger partial charge in [-0.05, 0) is 56.7 Å². The highest BCUT2D eigenvalue weighted by molar-refractivity contribution is 14.1. The summed E-state index contributed by atoms with van der Waals surface area (Å²) in [7, 11) is 0. The number of hydrogen-bond donors (Lipinski definition) is 0. The smallest absolute Gasteiger partial charge is 0.0845 e. The van der Waals surface area contributed by atoms with Crippen LogP contribution in [0.1, 0.15) is 0 Å². The Balaban J connectivity index is 2.86. The highest BCUT2D eigenvalue weighted by atomic mass is 127. The van der Waals surface area contributed by atoms with Crippen molar-refractivity contribution in [3.63, 3.8) is 0 Å². The molecule has 0 amide bonds. The van der Waals surface area contributed by atoms with Gasteiger partial charge in [-0.15, -0.1) is 0 Å². The van der Waals surface area contributed by atoms with Crippen molar-refractivity contribution in [1.29, 1.82) is 0 Å². The van der Waals surface area contributed by atoms with Gasteiger partial charge in [0, 0.05) is 24.6 Å². The molecule has 0 fully saturated rings. The van der Waals surface area contributed by atoms with E-state index in [-0.39, 0.29) is 0 Å². The minimum absolute atomic E-state index is 0.725. The second-order valence-electron chi connectivity index (χ2n) is 2.61.